The quantitative estimate of drug-likeness (QED) is 0.0585. The van der Waals surface area contributed by atoms with Gasteiger partial charge in [-0.2, -0.15) is 27.8 Å². The number of rotatable bonds is 14. The van der Waals surface area contributed by atoms with E-state index in [9.17, 15) is 35.9 Å². The molecule has 3 N–H and O–H groups in total. The van der Waals surface area contributed by atoms with E-state index in [1.54, 1.807) is 24.3 Å². The number of nitrogens with two attached hydrogens (primary N) is 1. The number of amides is 2. The van der Waals surface area contributed by atoms with E-state index in [2.05, 4.69) is 32.2 Å². The van der Waals surface area contributed by atoms with E-state index >= 15 is 0 Å². The third kappa shape index (κ3) is 8.58. The summed E-state index contributed by atoms with van der Waals surface area (Å²) in [5, 5.41) is 9.73. The summed E-state index contributed by atoms with van der Waals surface area (Å²) in [6.07, 6.45) is -0.314. The summed E-state index contributed by atoms with van der Waals surface area (Å²) in [5.41, 5.74) is 5.44. The third-order valence-corrected chi connectivity index (χ3v) is 8.92. The zero-order valence-corrected chi connectivity index (χ0v) is 29.4. The predicted molar refractivity (Wildman–Crippen MR) is 186 cm³/mol. The number of benzene rings is 2. The van der Waals surface area contributed by atoms with Crippen LogP contribution in [0.5, 0.6) is 0 Å². The molecule has 12 nitrogen and oxygen atoms in total. The second-order valence-electron chi connectivity index (χ2n) is 13.7. The van der Waals surface area contributed by atoms with Crippen LogP contribution in [-0.2, 0) is 15.1 Å². The molecule has 3 aromatic rings. The standard InChI is InChI=1S/C34H36ClF6N9O3/c1-33(2,3)16-34(21-8-5-18(6-9-21)20-13-44-48(14-20)29(38)39)28(51)49(31(42)47-34)26(15-53-32(52)46-24-12-22(24)27(36)37)19-7-10-23(35)25(11-19)50(30(40)41)45-17-43-4/h5-11,13-14,17,22,24,26-27,29-30H,4,12,15-16H2,1-3H3,(H2,42,47)(H,46,52)/b45-17-/t22-,24-,26-,34-/m1/s1. The van der Waals surface area contributed by atoms with Crippen LogP contribution in [0.3, 0.4) is 0 Å². The molecule has 2 heterocycles. The second kappa shape index (κ2) is 15.5. The van der Waals surface area contributed by atoms with Crippen LogP contribution in [0.2, 0.25) is 5.02 Å². The van der Waals surface area contributed by atoms with Gasteiger partial charge in [0, 0.05) is 23.7 Å². The number of alkyl halides is 6. The van der Waals surface area contributed by atoms with Crippen LogP contribution >= 0.6 is 11.6 Å². The highest BCUT2D eigenvalue weighted by Gasteiger charge is 2.53. The van der Waals surface area contributed by atoms with Gasteiger partial charge in [-0.15, -0.1) is 0 Å². The van der Waals surface area contributed by atoms with Gasteiger partial charge in [0.05, 0.1) is 22.9 Å². The average Bonchev–Trinajstić information content (AvgIpc) is 3.58. The lowest BCUT2D eigenvalue weighted by molar-refractivity contribution is -0.135. The van der Waals surface area contributed by atoms with Crippen LogP contribution in [0, 0.1) is 11.3 Å². The molecule has 2 amide bonds. The number of hydrazone groups is 1. The third-order valence-electron chi connectivity index (χ3n) is 8.60. The molecule has 0 saturated heterocycles. The molecule has 19 heteroatoms. The van der Waals surface area contributed by atoms with Crippen LogP contribution in [0.15, 0.2) is 69.9 Å². The maximum Gasteiger partial charge on any atom is 0.407 e. The zero-order valence-electron chi connectivity index (χ0n) is 28.6. The van der Waals surface area contributed by atoms with Gasteiger partial charge in [0.2, 0.25) is 6.43 Å². The summed E-state index contributed by atoms with van der Waals surface area (Å²) in [6, 6.07) is 8.22. The number of nitrogens with one attached hydrogen (secondary N) is 1. The molecule has 1 saturated carbocycles. The first-order valence-corrected chi connectivity index (χ1v) is 16.5. The van der Waals surface area contributed by atoms with Crippen molar-refractivity contribution in [1.82, 2.24) is 20.0 Å². The first-order valence-electron chi connectivity index (χ1n) is 16.1. The number of carbonyl (C=O) groups excluding carboxylic acids is 2. The molecule has 0 unspecified atom stereocenters. The summed E-state index contributed by atoms with van der Waals surface area (Å²) in [7, 11) is 0. The van der Waals surface area contributed by atoms with E-state index in [1.165, 1.54) is 30.6 Å². The number of aliphatic imine (C=N–C) groups is 2. The Balaban J connectivity index is 1.55. The first-order chi connectivity index (χ1) is 25.0. The van der Waals surface area contributed by atoms with Crippen molar-refractivity contribution in [3.05, 3.63) is 71.0 Å². The Morgan fingerprint density at radius 2 is 1.87 bits per heavy atom. The van der Waals surface area contributed by atoms with Crippen molar-refractivity contribution >= 4 is 48.3 Å². The Morgan fingerprint density at radius 1 is 1.17 bits per heavy atom. The van der Waals surface area contributed by atoms with Gasteiger partial charge < -0.3 is 15.8 Å². The highest BCUT2D eigenvalue weighted by molar-refractivity contribution is 6.33. The number of guanidine groups is 1. The minimum Gasteiger partial charge on any atom is -0.447 e. The predicted octanol–water partition coefficient (Wildman–Crippen LogP) is 7.18. The lowest BCUT2D eigenvalue weighted by Gasteiger charge is -2.35. The molecule has 53 heavy (non-hydrogen) atoms. The van der Waals surface area contributed by atoms with Crippen LogP contribution in [0.1, 0.15) is 57.3 Å². The minimum atomic E-state index is -3.20. The molecule has 5 rings (SSSR count). The number of hydrogen-bond acceptors (Lipinski definition) is 8. The van der Waals surface area contributed by atoms with Gasteiger partial charge in [0.15, 0.2) is 11.5 Å². The molecule has 0 bridgehead atoms. The average molecular weight is 768 g/mol. The Morgan fingerprint density at radius 3 is 2.43 bits per heavy atom. The summed E-state index contributed by atoms with van der Waals surface area (Å²) < 4.78 is 86.8. The molecule has 1 aliphatic carbocycles. The molecule has 1 aromatic heterocycles. The molecule has 0 spiro atoms. The van der Waals surface area contributed by atoms with E-state index in [0.717, 1.165) is 11.2 Å². The number of aromatic nitrogens is 2. The van der Waals surface area contributed by atoms with Gasteiger partial charge in [0.1, 0.15) is 12.9 Å². The van der Waals surface area contributed by atoms with Crippen molar-refractivity contribution in [3.63, 3.8) is 0 Å². The first kappa shape index (κ1) is 39.1. The van der Waals surface area contributed by atoms with Crippen molar-refractivity contribution in [2.24, 2.45) is 32.2 Å². The second-order valence-corrected chi connectivity index (χ2v) is 14.1. The SMILES string of the molecule is C=N/C=N\N(c1cc([C@@H](COC(=O)N[C@@H]2C[C@H]2C(F)F)N2C(=O)[C@@](CC(C)(C)C)(c3ccc(-c4cnn(C(F)F)c4)cc3)N=C2N)ccc1Cl)C(F)F. The highest BCUT2D eigenvalue weighted by atomic mass is 35.5. The fraction of sp³-hybridized carbons (Fsp3) is 0.412. The summed E-state index contributed by atoms with van der Waals surface area (Å²) >= 11 is 6.32. The molecule has 1 aliphatic heterocycles. The number of anilines is 1. The normalized spacial score (nSPS) is 20.7. The van der Waals surface area contributed by atoms with Crippen molar-refractivity contribution < 1.29 is 40.7 Å². The number of nitrogens with zero attached hydrogens (tertiary/aromatic N) is 7. The van der Waals surface area contributed by atoms with Crippen LogP contribution in [0.25, 0.3) is 11.1 Å². The van der Waals surface area contributed by atoms with Crippen molar-refractivity contribution in [2.45, 2.75) is 70.8 Å². The molecule has 0 radical (unpaired) electrons. The summed E-state index contributed by atoms with van der Waals surface area (Å²) in [4.78, 5) is 36.8. The maximum absolute atomic E-state index is 14.8. The fourth-order valence-corrected chi connectivity index (χ4v) is 6.36. The van der Waals surface area contributed by atoms with Crippen LogP contribution in [-0.4, -0.2) is 71.3 Å². The number of alkyl carbamates (subject to hydrolysis) is 1. The van der Waals surface area contributed by atoms with Crippen molar-refractivity contribution in [1.29, 1.82) is 0 Å². The molecular weight excluding hydrogens is 732 g/mol. The Bertz CT molecular complexity index is 1890. The van der Waals surface area contributed by atoms with E-state index in [4.69, 9.17) is 22.1 Å². The van der Waals surface area contributed by atoms with Crippen LogP contribution < -0.4 is 16.1 Å². The van der Waals surface area contributed by atoms with Gasteiger partial charge in [-0.25, -0.2) is 28.3 Å². The minimum absolute atomic E-state index is 0.0488. The van der Waals surface area contributed by atoms with Crippen molar-refractivity contribution in [3.8, 4) is 11.1 Å². The molecule has 284 valence electrons. The monoisotopic (exact) mass is 767 g/mol. The topological polar surface area (TPSA) is 143 Å². The zero-order chi connectivity index (χ0) is 38.8. The highest BCUT2D eigenvalue weighted by Crippen LogP contribution is 2.46. The van der Waals surface area contributed by atoms with Crippen LogP contribution in [0.4, 0.5) is 36.8 Å². The Hall–Kier alpha value is -5.13. The summed E-state index contributed by atoms with van der Waals surface area (Å²) in [5.74, 6) is -1.99. The Kier molecular flexibility index (Phi) is 11.4. The van der Waals surface area contributed by atoms with Gasteiger partial charge in [-0.1, -0.05) is 62.7 Å². The molecule has 1 fully saturated rings. The maximum atomic E-state index is 14.8. The van der Waals surface area contributed by atoms with E-state index in [1.807, 2.05) is 20.8 Å². The lowest BCUT2D eigenvalue weighted by Crippen LogP contribution is -2.47. The van der Waals surface area contributed by atoms with Gasteiger partial charge in [0.25, 0.3) is 5.91 Å². The van der Waals surface area contributed by atoms with E-state index < -0.39 is 67.1 Å². The lowest BCUT2D eigenvalue weighted by atomic mass is 9.75. The van der Waals surface area contributed by atoms with E-state index in [0.29, 0.717) is 21.4 Å². The van der Waals surface area contributed by atoms with Gasteiger partial charge in [-0.05, 0) is 53.8 Å². The largest absolute Gasteiger partial charge is 0.447 e. The van der Waals surface area contributed by atoms with E-state index in [-0.39, 0.29) is 40.1 Å². The van der Waals surface area contributed by atoms with Gasteiger partial charge in [-0.3, -0.25) is 14.7 Å². The van der Waals surface area contributed by atoms with Crippen molar-refractivity contribution in [2.75, 3.05) is 11.6 Å². The van der Waals surface area contributed by atoms with Gasteiger partial charge >= 0.3 is 19.2 Å². The molecular formula is C34H36ClF6N9O3. The smallest absolute Gasteiger partial charge is 0.407 e. The molecule has 4 atom stereocenters. The Labute approximate surface area is 305 Å². The number of hydrogen-bond donors (Lipinski definition) is 2. The number of carbonyl (C=O) groups is 2. The number of halogens is 7. The molecule has 2 aromatic carbocycles. The molecule has 2 aliphatic rings. The number of ether oxygens (including phenoxy) is 1. The summed E-state index contributed by atoms with van der Waals surface area (Å²) in [6.45, 7) is 2.17. The fourth-order valence-electron chi connectivity index (χ4n) is 6.16.